The first-order chi connectivity index (χ1) is 7.52. The Kier molecular flexibility index (Phi) is 4.74. The lowest BCUT2D eigenvalue weighted by Crippen LogP contribution is -2.23. The highest BCUT2D eigenvalue weighted by Gasteiger charge is 2.07. The number of hydrogen-bond donors (Lipinski definition) is 1. The number of halogens is 1. The topological polar surface area (TPSA) is 23.5 Å². The Morgan fingerprint density at radius 3 is 2.69 bits per heavy atom. The highest BCUT2D eigenvalue weighted by Crippen LogP contribution is 2.17. The summed E-state index contributed by atoms with van der Waals surface area (Å²) in [5.74, 6) is -0.185. The fourth-order valence-electron chi connectivity index (χ4n) is 1.69. The first-order valence-electron chi connectivity index (χ1n) is 5.68. The van der Waals surface area contributed by atoms with E-state index in [9.17, 15) is 4.39 Å². The Labute approximate surface area is 96.7 Å². The highest BCUT2D eigenvalue weighted by molar-refractivity contribution is 5.27. The third kappa shape index (κ3) is 3.81. The van der Waals surface area contributed by atoms with Crippen molar-refractivity contribution >= 4 is 0 Å². The van der Waals surface area contributed by atoms with Crippen LogP contribution in [0.5, 0.6) is 5.75 Å². The molecule has 1 N–H and O–H groups in total. The summed E-state index contributed by atoms with van der Waals surface area (Å²) in [6, 6.07) is 4.55. The minimum atomic E-state index is -0.547. The zero-order valence-corrected chi connectivity index (χ0v) is 10.2. The van der Waals surface area contributed by atoms with Gasteiger partial charge < -0.3 is 10.0 Å². The van der Waals surface area contributed by atoms with Gasteiger partial charge in [-0.1, -0.05) is 26.3 Å². The monoisotopic (exact) mass is 225 g/mol. The number of benzene rings is 1. The van der Waals surface area contributed by atoms with Crippen molar-refractivity contribution in [2.45, 2.75) is 26.8 Å². The van der Waals surface area contributed by atoms with Gasteiger partial charge in [0.15, 0.2) is 11.6 Å². The van der Waals surface area contributed by atoms with E-state index >= 15 is 0 Å². The van der Waals surface area contributed by atoms with Crippen LogP contribution >= 0.6 is 0 Å². The Morgan fingerprint density at radius 2 is 2.12 bits per heavy atom. The van der Waals surface area contributed by atoms with Crippen LogP contribution in [0.15, 0.2) is 18.2 Å². The molecule has 0 spiro atoms. The summed E-state index contributed by atoms with van der Waals surface area (Å²) in [4.78, 5) is 2.17. The van der Waals surface area contributed by atoms with Gasteiger partial charge in [-0.15, -0.1) is 0 Å². The van der Waals surface area contributed by atoms with Crippen LogP contribution in [0.25, 0.3) is 0 Å². The van der Waals surface area contributed by atoms with Crippen molar-refractivity contribution in [1.29, 1.82) is 0 Å². The minimum absolute atomic E-state index is 0.284. The molecule has 1 aromatic carbocycles. The van der Waals surface area contributed by atoms with Crippen LogP contribution in [0.3, 0.4) is 0 Å². The molecule has 0 saturated carbocycles. The second-order valence-electron chi connectivity index (χ2n) is 4.50. The minimum Gasteiger partial charge on any atom is -0.505 e. The Bertz CT molecular complexity index is 341. The number of nitrogens with zero attached hydrogens (tertiary/aromatic N) is 1. The normalized spacial score (nSPS) is 13.1. The molecule has 0 aliphatic heterocycles. The van der Waals surface area contributed by atoms with E-state index in [1.54, 1.807) is 6.07 Å². The van der Waals surface area contributed by atoms with Crippen molar-refractivity contribution in [2.75, 3.05) is 13.6 Å². The van der Waals surface area contributed by atoms with Gasteiger partial charge in [-0.25, -0.2) is 4.39 Å². The predicted octanol–water partition coefficient (Wildman–Crippen LogP) is 3.01. The number of phenols is 1. The van der Waals surface area contributed by atoms with Crippen LogP contribution in [0.4, 0.5) is 4.39 Å². The lowest BCUT2D eigenvalue weighted by Gasteiger charge is -2.20. The smallest absolute Gasteiger partial charge is 0.165 e. The van der Waals surface area contributed by atoms with E-state index in [2.05, 4.69) is 18.7 Å². The van der Waals surface area contributed by atoms with Crippen molar-refractivity contribution in [2.24, 2.45) is 5.92 Å². The van der Waals surface area contributed by atoms with Gasteiger partial charge in [-0.3, -0.25) is 0 Å². The fraction of sp³-hybridized carbons (Fsp3) is 0.538. The van der Waals surface area contributed by atoms with Crippen molar-refractivity contribution in [3.63, 3.8) is 0 Å². The quantitative estimate of drug-likeness (QED) is 0.832. The Morgan fingerprint density at radius 1 is 1.44 bits per heavy atom. The van der Waals surface area contributed by atoms with Gasteiger partial charge in [0.25, 0.3) is 0 Å². The first kappa shape index (κ1) is 13.0. The van der Waals surface area contributed by atoms with Crippen LogP contribution in [0, 0.1) is 11.7 Å². The summed E-state index contributed by atoms with van der Waals surface area (Å²) < 4.78 is 13.1. The lowest BCUT2D eigenvalue weighted by atomic mass is 10.1. The van der Waals surface area contributed by atoms with E-state index < -0.39 is 5.82 Å². The fourth-order valence-corrected chi connectivity index (χ4v) is 1.69. The van der Waals surface area contributed by atoms with E-state index in [0.29, 0.717) is 12.5 Å². The molecule has 0 aromatic heterocycles. The van der Waals surface area contributed by atoms with Gasteiger partial charge in [0.05, 0.1) is 0 Å². The summed E-state index contributed by atoms with van der Waals surface area (Å²) in [7, 11) is 2.02. The Hall–Kier alpha value is -1.09. The van der Waals surface area contributed by atoms with E-state index in [4.69, 9.17) is 5.11 Å². The molecule has 0 bridgehead atoms. The van der Waals surface area contributed by atoms with Crippen LogP contribution in [0.2, 0.25) is 0 Å². The maximum absolute atomic E-state index is 13.1. The van der Waals surface area contributed by atoms with E-state index in [-0.39, 0.29) is 5.75 Å². The number of phenolic OH excluding ortho intramolecular Hbond substituents is 1. The zero-order chi connectivity index (χ0) is 12.1. The van der Waals surface area contributed by atoms with Gasteiger partial charge in [0.2, 0.25) is 0 Å². The van der Waals surface area contributed by atoms with Crippen molar-refractivity contribution < 1.29 is 9.50 Å². The first-order valence-corrected chi connectivity index (χ1v) is 5.68. The molecule has 0 amide bonds. The summed E-state index contributed by atoms with van der Waals surface area (Å²) in [5.41, 5.74) is 0.890. The molecule has 0 saturated heterocycles. The SMILES string of the molecule is CCC(C)CN(C)Cc1ccc(O)c(F)c1. The molecule has 0 heterocycles. The van der Waals surface area contributed by atoms with Crippen LogP contribution in [0.1, 0.15) is 25.8 Å². The van der Waals surface area contributed by atoms with Crippen molar-refractivity contribution in [3.05, 3.63) is 29.6 Å². The number of rotatable bonds is 5. The van der Waals surface area contributed by atoms with Gasteiger partial charge in [0.1, 0.15) is 0 Å². The summed E-state index contributed by atoms with van der Waals surface area (Å²) in [5, 5.41) is 9.07. The molecule has 1 atom stereocenters. The molecule has 16 heavy (non-hydrogen) atoms. The highest BCUT2D eigenvalue weighted by atomic mass is 19.1. The lowest BCUT2D eigenvalue weighted by molar-refractivity contribution is 0.274. The maximum atomic E-state index is 13.1. The molecule has 1 aromatic rings. The summed E-state index contributed by atoms with van der Waals surface area (Å²) in [6.45, 7) is 6.08. The van der Waals surface area contributed by atoms with E-state index in [0.717, 1.165) is 18.5 Å². The molecule has 2 nitrogen and oxygen atoms in total. The molecule has 1 rings (SSSR count). The van der Waals surface area contributed by atoms with Gasteiger partial charge in [-0.05, 0) is 30.7 Å². The second-order valence-corrected chi connectivity index (χ2v) is 4.50. The van der Waals surface area contributed by atoms with Crippen LogP contribution < -0.4 is 0 Å². The van der Waals surface area contributed by atoms with Gasteiger partial charge in [-0.2, -0.15) is 0 Å². The van der Waals surface area contributed by atoms with E-state index in [1.807, 2.05) is 7.05 Å². The molecule has 0 aliphatic rings. The predicted molar refractivity (Wildman–Crippen MR) is 63.9 cm³/mol. The molecule has 3 heteroatoms. The van der Waals surface area contributed by atoms with Gasteiger partial charge >= 0.3 is 0 Å². The Balaban J connectivity index is 2.56. The maximum Gasteiger partial charge on any atom is 0.165 e. The standard InChI is InChI=1S/C13H20FNO/c1-4-10(2)8-15(3)9-11-5-6-13(16)12(14)7-11/h5-7,10,16H,4,8-9H2,1-3H3. The summed E-state index contributed by atoms with van der Waals surface area (Å²) in [6.07, 6.45) is 1.15. The number of hydrogen-bond acceptors (Lipinski definition) is 2. The van der Waals surface area contributed by atoms with Gasteiger partial charge in [0, 0.05) is 13.1 Å². The molecular weight excluding hydrogens is 205 g/mol. The third-order valence-corrected chi connectivity index (χ3v) is 2.78. The average Bonchev–Trinajstić information content (AvgIpc) is 2.23. The van der Waals surface area contributed by atoms with Crippen molar-refractivity contribution in [1.82, 2.24) is 4.90 Å². The second kappa shape index (κ2) is 5.85. The zero-order valence-electron chi connectivity index (χ0n) is 10.2. The van der Waals surface area contributed by atoms with Crippen molar-refractivity contribution in [3.8, 4) is 5.75 Å². The van der Waals surface area contributed by atoms with Crippen LogP contribution in [-0.4, -0.2) is 23.6 Å². The van der Waals surface area contributed by atoms with Crippen LogP contribution in [-0.2, 0) is 6.54 Å². The molecule has 0 fully saturated rings. The largest absolute Gasteiger partial charge is 0.505 e. The third-order valence-electron chi connectivity index (χ3n) is 2.78. The molecule has 0 radical (unpaired) electrons. The molecular formula is C13H20FNO. The molecule has 1 unspecified atom stereocenters. The summed E-state index contributed by atoms with van der Waals surface area (Å²) >= 11 is 0. The number of aromatic hydroxyl groups is 1. The van der Waals surface area contributed by atoms with E-state index in [1.165, 1.54) is 12.1 Å². The average molecular weight is 225 g/mol. The molecule has 0 aliphatic carbocycles. The molecule has 90 valence electrons.